The predicted octanol–water partition coefficient (Wildman–Crippen LogP) is 0.316. The van der Waals surface area contributed by atoms with Crippen LogP contribution in [0.25, 0.3) is 10.8 Å². The zero-order valence-corrected chi connectivity index (χ0v) is 29.9. The van der Waals surface area contributed by atoms with Crippen LogP contribution in [0.2, 0.25) is 0 Å². The Morgan fingerprint density at radius 2 is 1.57 bits per heavy atom. The van der Waals surface area contributed by atoms with Gasteiger partial charge >= 0.3 is 0 Å². The third kappa shape index (κ3) is 12.3. The fourth-order valence-electron chi connectivity index (χ4n) is 6.37. The molecule has 3 aromatic carbocycles. The molecule has 0 radical (unpaired) electrons. The monoisotopic (exact) mass is 729 g/mol. The summed E-state index contributed by atoms with van der Waals surface area (Å²) in [4.78, 5) is 73.9. The van der Waals surface area contributed by atoms with Gasteiger partial charge in [0.25, 0.3) is 0 Å². The first kappa shape index (κ1) is 40.2. The van der Waals surface area contributed by atoms with Gasteiger partial charge in [0, 0.05) is 25.9 Å². The highest BCUT2D eigenvalue weighted by atomic mass is 16.3. The number of amides is 4. The van der Waals surface area contributed by atoms with Gasteiger partial charge in [0.05, 0.1) is 13.1 Å². The lowest BCUT2D eigenvalue weighted by Crippen LogP contribution is -2.67. The van der Waals surface area contributed by atoms with Crippen molar-refractivity contribution in [1.29, 1.82) is 0 Å². The first-order valence-corrected chi connectivity index (χ1v) is 17.9. The average molecular weight is 730 g/mol. The number of carbonyl (C=O) groups is 5. The maximum absolute atomic E-state index is 13.9. The molecular weight excluding hydrogens is 678 g/mol. The van der Waals surface area contributed by atoms with E-state index < -0.39 is 47.9 Å². The molecule has 1 saturated heterocycles. The summed E-state index contributed by atoms with van der Waals surface area (Å²) in [5.41, 5.74) is 16.3. The number of nitrogens with zero attached hydrogens (tertiary/aromatic N) is 2. The van der Waals surface area contributed by atoms with Gasteiger partial charge < -0.3 is 43.6 Å². The molecule has 1 fully saturated rings. The number of nitrogens with one attached hydrogen (secondary N) is 4. The molecular formula is C38H51N9O6. The molecule has 0 bridgehead atoms. The second-order valence-electron chi connectivity index (χ2n) is 13.3. The Kier molecular flexibility index (Phi) is 15.1. The number of guanidine groups is 1. The summed E-state index contributed by atoms with van der Waals surface area (Å²) in [6.07, 6.45) is 4.06. The molecule has 0 spiro atoms. The fraction of sp³-hybridized carbons (Fsp3) is 0.421. The topological polar surface area (TPSA) is 247 Å². The van der Waals surface area contributed by atoms with Crippen molar-refractivity contribution in [1.82, 2.24) is 26.2 Å². The van der Waals surface area contributed by atoms with Crippen LogP contribution in [-0.4, -0.2) is 96.4 Å². The van der Waals surface area contributed by atoms with Crippen molar-refractivity contribution in [2.75, 3.05) is 32.7 Å². The highest BCUT2D eigenvalue weighted by molar-refractivity contribution is 5.95. The first-order chi connectivity index (χ1) is 25.5. The number of fused-ring (bicyclic) bond motifs is 1. The normalized spacial score (nSPS) is 20.4. The number of phenols is 1. The van der Waals surface area contributed by atoms with Gasteiger partial charge in [-0.1, -0.05) is 67.4 Å². The van der Waals surface area contributed by atoms with E-state index >= 15 is 0 Å². The van der Waals surface area contributed by atoms with Crippen LogP contribution in [0.1, 0.15) is 49.7 Å². The molecule has 15 heteroatoms. The molecule has 0 aliphatic carbocycles. The Morgan fingerprint density at radius 3 is 2.28 bits per heavy atom. The molecule has 4 rings (SSSR count). The van der Waals surface area contributed by atoms with Crippen molar-refractivity contribution < 1.29 is 29.1 Å². The number of aromatic hydroxyl groups is 1. The van der Waals surface area contributed by atoms with E-state index in [2.05, 4.69) is 26.3 Å². The number of aldehydes is 1. The van der Waals surface area contributed by atoms with Crippen LogP contribution in [0.5, 0.6) is 5.75 Å². The van der Waals surface area contributed by atoms with E-state index in [0.717, 1.165) is 35.6 Å². The summed E-state index contributed by atoms with van der Waals surface area (Å²) in [6.45, 7) is 0.107. The van der Waals surface area contributed by atoms with Gasteiger partial charge in [-0.2, -0.15) is 0 Å². The quantitative estimate of drug-likeness (QED) is 0.0461. The molecule has 11 N–H and O–H groups in total. The number of phenolic OH excluding ortho intramolecular Hbond substituents is 1. The predicted molar refractivity (Wildman–Crippen MR) is 202 cm³/mol. The molecule has 3 aromatic rings. The Labute approximate surface area is 309 Å². The second kappa shape index (κ2) is 19.9. The van der Waals surface area contributed by atoms with Crippen molar-refractivity contribution in [2.24, 2.45) is 22.2 Å². The van der Waals surface area contributed by atoms with Gasteiger partial charge in [-0.3, -0.25) is 33.9 Å². The standard InChI is InChI=1S/C38H51N9O6/c39-17-5-1-2-6-19-47-24-34(51)44-31(10-7-18-42-37(40)41)36(53)45-32(21-27-11-14-28-8-3-4-9-29(28)20-27)35(52)43-23-33(50)46-38(47,25-48)22-26-12-15-30(49)16-13-26/h3-4,8-9,11-16,20,25,31-32,49H,1-2,5-7,10,17-19,21-24,39H2,(H,43,52)(H,44,51)(H,45,53)(H,46,50)(H4,40,41,42)/t31-,32-,38+/m0/s1. The Balaban J connectivity index is 1.69. The number of aliphatic imine (C=N–C) groups is 1. The first-order valence-electron chi connectivity index (χ1n) is 17.9. The number of nitrogens with two attached hydrogens (primary N) is 3. The minimum atomic E-state index is -1.73. The molecule has 284 valence electrons. The van der Waals surface area contributed by atoms with E-state index in [1.54, 1.807) is 17.0 Å². The molecule has 0 unspecified atom stereocenters. The molecule has 0 saturated carbocycles. The number of unbranched alkanes of at least 4 members (excludes halogenated alkanes) is 3. The van der Waals surface area contributed by atoms with Crippen molar-refractivity contribution in [3.05, 3.63) is 77.9 Å². The lowest BCUT2D eigenvalue weighted by atomic mass is 9.97. The largest absolute Gasteiger partial charge is 0.508 e. The van der Waals surface area contributed by atoms with Gasteiger partial charge in [-0.25, -0.2) is 0 Å². The number of hydrogen-bond donors (Lipinski definition) is 8. The number of benzene rings is 3. The molecule has 53 heavy (non-hydrogen) atoms. The summed E-state index contributed by atoms with van der Waals surface area (Å²) in [6, 6.07) is 17.4. The summed E-state index contributed by atoms with van der Waals surface area (Å²) in [7, 11) is 0. The van der Waals surface area contributed by atoms with E-state index in [4.69, 9.17) is 17.2 Å². The van der Waals surface area contributed by atoms with Crippen LogP contribution in [0.4, 0.5) is 0 Å². The van der Waals surface area contributed by atoms with Gasteiger partial charge in [0.1, 0.15) is 17.8 Å². The molecule has 1 aliphatic rings. The maximum Gasteiger partial charge on any atom is 0.243 e. The van der Waals surface area contributed by atoms with Crippen LogP contribution in [0.3, 0.4) is 0 Å². The van der Waals surface area contributed by atoms with Crippen molar-refractivity contribution in [3.63, 3.8) is 0 Å². The van der Waals surface area contributed by atoms with Crippen molar-refractivity contribution in [2.45, 2.75) is 69.1 Å². The van der Waals surface area contributed by atoms with E-state index in [9.17, 15) is 29.1 Å². The van der Waals surface area contributed by atoms with Crippen LogP contribution in [0.15, 0.2) is 71.7 Å². The molecule has 4 amide bonds. The summed E-state index contributed by atoms with van der Waals surface area (Å²) in [5, 5.41) is 22.9. The highest BCUT2D eigenvalue weighted by Crippen LogP contribution is 2.22. The summed E-state index contributed by atoms with van der Waals surface area (Å²) >= 11 is 0. The zero-order valence-electron chi connectivity index (χ0n) is 29.9. The van der Waals surface area contributed by atoms with Gasteiger partial charge in [0.15, 0.2) is 17.9 Å². The van der Waals surface area contributed by atoms with Crippen LogP contribution < -0.4 is 38.5 Å². The van der Waals surface area contributed by atoms with Gasteiger partial charge in [-0.05, 0) is 66.3 Å². The Morgan fingerprint density at radius 1 is 0.849 bits per heavy atom. The molecule has 1 heterocycles. The maximum atomic E-state index is 13.9. The van der Waals surface area contributed by atoms with Crippen molar-refractivity contribution in [3.8, 4) is 5.75 Å². The smallest absolute Gasteiger partial charge is 0.243 e. The number of rotatable bonds is 15. The minimum absolute atomic E-state index is 0.0187. The lowest BCUT2D eigenvalue weighted by Gasteiger charge is -2.41. The molecule has 15 nitrogen and oxygen atoms in total. The van der Waals surface area contributed by atoms with Gasteiger partial charge in [-0.15, -0.1) is 0 Å². The Hall–Kier alpha value is -5.54. The SMILES string of the molecule is NCCCCCCN1CC(=O)N[C@@H](CCCN=C(N)N)C(=O)N[C@@H](Cc2ccc3ccccc3c2)C(=O)NCC(=O)N[C@]1(C=O)Cc1ccc(O)cc1. The third-order valence-corrected chi connectivity index (χ3v) is 9.15. The van der Waals surface area contributed by atoms with Crippen LogP contribution >= 0.6 is 0 Å². The number of hydrogen-bond acceptors (Lipinski definition) is 9. The third-order valence-electron chi connectivity index (χ3n) is 9.15. The molecule has 0 aromatic heterocycles. The highest BCUT2D eigenvalue weighted by Gasteiger charge is 2.40. The van der Waals surface area contributed by atoms with Crippen LogP contribution in [-0.2, 0) is 36.8 Å². The fourth-order valence-corrected chi connectivity index (χ4v) is 6.37. The van der Waals surface area contributed by atoms with E-state index in [1.807, 2.05) is 42.5 Å². The molecule has 3 atom stereocenters. The summed E-state index contributed by atoms with van der Waals surface area (Å²) < 4.78 is 0. The molecule has 1 aliphatic heterocycles. The van der Waals surface area contributed by atoms with E-state index in [0.29, 0.717) is 31.2 Å². The zero-order chi connectivity index (χ0) is 38.2. The second-order valence-corrected chi connectivity index (χ2v) is 13.3. The van der Waals surface area contributed by atoms with Crippen molar-refractivity contribution >= 4 is 46.6 Å². The number of carbonyl (C=O) groups excluding carboxylic acids is 5. The van der Waals surface area contributed by atoms with E-state index in [-0.39, 0.29) is 50.6 Å². The Bertz CT molecular complexity index is 1750. The minimum Gasteiger partial charge on any atom is -0.508 e. The summed E-state index contributed by atoms with van der Waals surface area (Å²) in [5.74, 6) is -2.58. The van der Waals surface area contributed by atoms with E-state index in [1.165, 1.54) is 12.1 Å². The van der Waals surface area contributed by atoms with Crippen LogP contribution in [0, 0.1) is 0 Å². The van der Waals surface area contributed by atoms with Gasteiger partial charge in [0.2, 0.25) is 23.6 Å². The average Bonchev–Trinajstić information content (AvgIpc) is 3.14. The lowest BCUT2D eigenvalue weighted by molar-refractivity contribution is -0.138.